The van der Waals surface area contributed by atoms with E-state index in [9.17, 15) is 4.79 Å². The number of methoxy groups -OCH3 is 1. The first-order valence-corrected chi connectivity index (χ1v) is 4.49. The highest BCUT2D eigenvalue weighted by Gasteiger charge is 2.33. The number of aromatic nitrogens is 2. The third kappa shape index (κ3) is 1.64. The van der Waals surface area contributed by atoms with Crippen molar-refractivity contribution in [1.29, 1.82) is 0 Å². The first kappa shape index (κ1) is 10.8. The molecule has 0 aliphatic rings. The molecule has 1 heterocycles. The van der Waals surface area contributed by atoms with Crippen LogP contribution in [0.5, 0.6) is 0 Å². The van der Waals surface area contributed by atoms with Crippen molar-refractivity contribution in [2.24, 2.45) is 7.05 Å². The molecule has 4 heteroatoms. The van der Waals surface area contributed by atoms with Crippen molar-refractivity contribution >= 4 is 5.97 Å². The van der Waals surface area contributed by atoms with Gasteiger partial charge in [0.05, 0.1) is 12.8 Å². The fraction of sp³-hybridized carbons (Fsp3) is 0.600. The number of carbonyl (C=O) groups excluding carboxylic acids is 1. The molecule has 14 heavy (non-hydrogen) atoms. The van der Waals surface area contributed by atoms with Crippen LogP contribution >= 0.6 is 0 Å². The monoisotopic (exact) mass is 196 g/mol. The molecule has 0 radical (unpaired) electrons. The summed E-state index contributed by atoms with van der Waals surface area (Å²) in [5.74, 6) is -0.268. The molecule has 0 bridgehead atoms. The number of aryl methyl sites for hydroxylation is 2. The third-order valence-corrected chi connectivity index (χ3v) is 2.45. The highest BCUT2D eigenvalue weighted by molar-refractivity contribution is 5.81. The van der Waals surface area contributed by atoms with E-state index in [0.717, 1.165) is 11.4 Å². The van der Waals surface area contributed by atoms with Crippen molar-refractivity contribution in [2.75, 3.05) is 7.11 Å². The van der Waals surface area contributed by atoms with Crippen LogP contribution in [0.25, 0.3) is 0 Å². The molecule has 0 saturated carbocycles. The van der Waals surface area contributed by atoms with Gasteiger partial charge in [0, 0.05) is 12.7 Å². The van der Waals surface area contributed by atoms with Crippen LogP contribution in [-0.4, -0.2) is 22.9 Å². The SMILES string of the molecule is COC(=O)C(C)(C)c1cc(C)n(C)n1. The lowest BCUT2D eigenvalue weighted by molar-refractivity contribution is -0.146. The van der Waals surface area contributed by atoms with E-state index in [1.807, 2.05) is 20.0 Å². The van der Waals surface area contributed by atoms with Gasteiger partial charge in [-0.15, -0.1) is 0 Å². The Labute approximate surface area is 83.9 Å². The number of hydrogen-bond donors (Lipinski definition) is 0. The highest BCUT2D eigenvalue weighted by atomic mass is 16.5. The van der Waals surface area contributed by atoms with E-state index in [4.69, 9.17) is 4.74 Å². The smallest absolute Gasteiger partial charge is 0.317 e. The molecule has 0 aromatic carbocycles. The van der Waals surface area contributed by atoms with Gasteiger partial charge in [-0.25, -0.2) is 0 Å². The second-order valence-corrected chi connectivity index (χ2v) is 3.91. The lowest BCUT2D eigenvalue weighted by Gasteiger charge is -2.18. The molecule has 0 amide bonds. The quantitative estimate of drug-likeness (QED) is 0.667. The average molecular weight is 196 g/mol. The number of hydrogen-bond acceptors (Lipinski definition) is 3. The number of ether oxygens (including phenoxy) is 1. The van der Waals surface area contributed by atoms with Crippen LogP contribution in [0, 0.1) is 6.92 Å². The van der Waals surface area contributed by atoms with E-state index in [-0.39, 0.29) is 5.97 Å². The molecule has 78 valence electrons. The van der Waals surface area contributed by atoms with Gasteiger partial charge in [0.1, 0.15) is 5.41 Å². The third-order valence-electron chi connectivity index (χ3n) is 2.45. The Morgan fingerprint density at radius 3 is 2.50 bits per heavy atom. The van der Waals surface area contributed by atoms with Crippen LogP contribution in [0.1, 0.15) is 25.2 Å². The summed E-state index contributed by atoms with van der Waals surface area (Å²) in [7, 11) is 3.24. The van der Waals surface area contributed by atoms with Crippen LogP contribution in [0.3, 0.4) is 0 Å². The lowest BCUT2D eigenvalue weighted by Crippen LogP contribution is -2.30. The van der Waals surface area contributed by atoms with Gasteiger partial charge in [0.25, 0.3) is 0 Å². The van der Waals surface area contributed by atoms with Crippen LogP contribution in [0.4, 0.5) is 0 Å². The maximum absolute atomic E-state index is 11.5. The van der Waals surface area contributed by atoms with E-state index >= 15 is 0 Å². The fourth-order valence-corrected chi connectivity index (χ4v) is 1.23. The van der Waals surface area contributed by atoms with Gasteiger partial charge in [-0.1, -0.05) is 0 Å². The van der Waals surface area contributed by atoms with Crippen LogP contribution in [0.15, 0.2) is 6.07 Å². The molecule has 1 aromatic heterocycles. The minimum atomic E-state index is -0.680. The molecule has 0 atom stereocenters. The number of rotatable bonds is 2. The average Bonchev–Trinajstić information content (AvgIpc) is 2.46. The Hall–Kier alpha value is -1.32. The van der Waals surface area contributed by atoms with Crippen molar-refractivity contribution in [3.8, 4) is 0 Å². The second-order valence-electron chi connectivity index (χ2n) is 3.91. The summed E-state index contributed by atoms with van der Waals surface area (Å²) in [5.41, 5.74) is 1.09. The zero-order chi connectivity index (χ0) is 10.9. The van der Waals surface area contributed by atoms with E-state index in [0.29, 0.717) is 0 Å². The van der Waals surface area contributed by atoms with Crippen molar-refractivity contribution in [3.63, 3.8) is 0 Å². The summed E-state index contributed by atoms with van der Waals surface area (Å²) in [5, 5.41) is 4.27. The van der Waals surface area contributed by atoms with Gasteiger partial charge in [-0.05, 0) is 26.8 Å². The molecule has 0 aliphatic heterocycles. The van der Waals surface area contributed by atoms with E-state index in [1.54, 1.807) is 18.5 Å². The van der Waals surface area contributed by atoms with Crippen LogP contribution < -0.4 is 0 Å². The predicted octanol–water partition coefficient (Wildman–Crippen LogP) is 1.18. The first-order valence-electron chi connectivity index (χ1n) is 4.49. The summed E-state index contributed by atoms with van der Waals surface area (Å²) < 4.78 is 6.48. The Balaban J connectivity index is 3.09. The van der Waals surface area contributed by atoms with Crippen molar-refractivity contribution in [2.45, 2.75) is 26.2 Å². The van der Waals surface area contributed by atoms with Gasteiger partial charge >= 0.3 is 5.97 Å². The van der Waals surface area contributed by atoms with Crippen LogP contribution in [0.2, 0.25) is 0 Å². The normalized spacial score (nSPS) is 11.5. The Morgan fingerprint density at radius 2 is 2.14 bits per heavy atom. The molecule has 0 unspecified atom stereocenters. The van der Waals surface area contributed by atoms with E-state index in [2.05, 4.69) is 5.10 Å². The Bertz CT molecular complexity index is 334. The highest BCUT2D eigenvalue weighted by Crippen LogP contribution is 2.23. The predicted molar refractivity (Wildman–Crippen MR) is 53.0 cm³/mol. The minimum absolute atomic E-state index is 0.268. The largest absolute Gasteiger partial charge is 0.468 e. The fourth-order valence-electron chi connectivity index (χ4n) is 1.23. The number of esters is 1. The van der Waals surface area contributed by atoms with Gasteiger partial charge in [0.2, 0.25) is 0 Å². The van der Waals surface area contributed by atoms with Crippen LogP contribution in [-0.2, 0) is 22.0 Å². The van der Waals surface area contributed by atoms with Gasteiger partial charge in [0.15, 0.2) is 0 Å². The summed E-state index contributed by atoms with van der Waals surface area (Å²) in [4.78, 5) is 11.5. The van der Waals surface area contributed by atoms with Crippen molar-refractivity contribution in [1.82, 2.24) is 9.78 Å². The molecule has 0 saturated heterocycles. The molecule has 0 fully saturated rings. The van der Waals surface area contributed by atoms with Crippen molar-refractivity contribution in [3.05, 3.63) is 17.5 Å². The maximum atomic E-state index is 11.5. The molecule has 1 rings (SSSR count). The van der Waals surface area contributed by atoms with Gasteiger partial charge in [-0.2, -0.15) is 5.10 Å². The molecular weight excluding hydrogens is 180 g/mol. The van der Waals surface area contributed by atoms with Crippen molar-refractivity contribution < 1.29 is 9.53 Å². The summed E-state index contributed by atoms with van der Waals surface area (Å²) in [6.45, 7) is 5.56. The molecule has 4 nitrogen and oxygen atoms in total. The number of carbonyl (C=O) groups is 1. The molecular formula is C10H16N2O2. The zero-order valence-corrected chi connectivity index (χ0v) is 9.29. The first-order chi connectivity index (χ1) is 6.39. The lowest BCUT2D eigenvalue weighted by atomic mass is 9.89. The summed E-state index contributed by atoms with van der Waals surface area (Å²) in [6.07, 6.45) is 0. The van der Waals surface area contributed by atoms with Gasteiger partial charge < -0.3 is 4.74 Å². The Kier molecular flexibility index (Phi) is 2.64. The zero-order valence-electron chi connectivity index (χ0n) is 9.29. The number of nitrogens with zero attached hydrogens (tertiary/aromatic N) is 2. The van der Waals surface area contributed by atoms with Gasteiger partial charge in [-0.3, -0.25) is 9.48 Å². The molecule has 0 aliphatic carbocycles. The standard InChI is InChI=1S/C10H16N2O2/c1-7-6-8(11-12(7)4)10(2,3)9(13)14-5/h6H,1-5H3. The van der Waals surface area contributed by atoms with E-state index < -0.39 is 5.41 Å². The second kappa shape index (κ2) is 3.44. The minimum Gasteiger partial charge on any atom is -0.468 e. The summed E-state index contributed by atoms with van der Waals surface area (Å²) in [6, 6.07) is 1.90. The molecule has 0 N–H and O–H groups in total. The molecule has 1 aromatic rings. The Morgan fingerprint density at radius 1 is 1.57 bits per heavy atom. The maximum Gasteiger partial charge on any atom is 0.317 e. The summed E-state index contributed by atoms with van der Waals surface area (Å²) >= 11 is 0. The molecule has 0 spiro atoms. The van der Waals surface area contributed by atoms with E-state index in [1.165, 1.54) is 7.11 Å². The topological polar surface area (TPSA) is 44.1 Å².